The van der Waals surface area contributed by atoms with Gasteiger partial charge >= 0.3 is 0 Å². The molecule has 5 nitrogen and oxygen atoms in total. The number of hydrogen-bond acceptors (Lipinski definition) is 3. The Hall–Kier alpha value is -0.280. The summed E-state index contributed by atoms with van der Waals surface area (Å²) in [6.07, 6.45) is 3.11. The van der Waals surface area contributed by atoms with E-state index in [9.17, 15) is 0 Å². The number of hydrogen-bond donors (Lipinski definition) is 2. The summed E-state index contributed by atoms with van der Waals surface area (Å²) in [6, 6.07) is 5.68. The SMILES string of the molecule is CCNC(=NCCCc1ccc(Cl)cc1Cl)NCCN1CCCN(C)CC1.I. The number of aryl methyl sites for hydroxylation is 1. The van der Waals surface area contributed by atoms with E-state index < -0.39 is 0 Å². The summed E-state index contributed by atoms with van der Waals surface area (Å²) < 4.78 is 0. The summed E-state index contributed by atoms with van der Waals surface area (Å²) in [5.74, 6) is 0.895. The molecule has 0 saturated carbocycles. The lowest BCUT2D eigenvalue weighted by Crippen LogP contribution is -2.42. The summed E-state index contributed by atoms with van der Waals surface area (Å²) in [4.78, 5) is 9.63. The molecule has 0 aliphatic carbocycles. The molecule has 1 aliphatic rings. The van der Waals surface area contributed by atoms with Crippen molar-refractivity contribution in [2.24, 2.45) is 4.99 Å². The number of rotatable bonds is 8. The van der Waals surface area contributed by atoms with Crippen molar-refractivity contribution >= 4 is 53.1 Å². The van der Waals surface area contributed by atoms with E-state index in [0.29, 0.717) is 5.02 Å². The molecule has 0 radical (unpaired) electrons. The first kappa shape index (κ1) is 25.8. The van der Waals surface area contributed by atoms with E-state index in [4.69, 9.17) is 23.2 Å². The second-order valence-electron chi connectivity index (χ2n) is 7.03. The van der Waals surface area contributed by atoms with Crippen molar-refractivity contribution in [2.45, 2.75) is 26.2 Å². The molecule has 1 aromatic rings. The molecular formula is C20H34Cl2IN5. The van der Waals surface area contributed by atoms with Crippen molar-refractivity contribution in [3.8, 4) is 0 Å². The number of aliphatic imine (C=N–C) groups is 1. The van der Waals surface area contributed by atoms with E-state index in [1.54, 1.807) is 6.07 Å². The molecule has 2 N–H and O–H groups in total. The van der Waals surface area contributed by atoms with Crippen LogP contribution in [-0.2, 0) is 6.42 Å². The Balaban J connectivity index is 0.00000392. The number of nitrogens with one attached hydrogen (secondary N) is 2. The number of likely N-dealkylation sites (N-methyl/N-ethyl adjacent to an activating group) is 1. The van der Waals surface area contributed by atoms with Crippen LogP contribution in [0.4, 0.5) is 0 Å². The van der Waals surface area contributed by atoms with E-state index in [-0.39, 0.29) is 24.0 Å². The Morgan fingerprint density at radius 1 is 1.14 bits per heavy atom. The third-order valence-electron chi connectivity index (χ3n) is 4.77. The first-order valence-corrected chi connectivity index (χ1v) is 10.7. The molecule has 1 saturated heterocycles. The fourth-order valence-electron chi connectivity index (χ4n) is 3.18. The second kappa shape index (κ2) is 14.7. The molecule has 8 heteroatoms. The van der Waals surface area contributed by atoms with E-state index in [1.165, 1.54) is 19.5 Å². The largest absolute Gasteiger partial charge is 0.357 e. The normalized spacial score (nSPS) is 16.4. The van der Waals surface area contributed by atoms with E-state index in [1.807, 2.05) is 12.1 Å². The van der Waals surface area contributed by atoms with E-state index in [2.05, 4.69) is 39.4 Å². The number of guanidine groups is 1. The van der Waals surface area contributed by atoms with Crippen LogP contribution in [0.25, 0.3) is 0 Å². The lowest BCUT2D eigenvalue weighted by molar-refractivity contribution is 0.280. The van der Waals surface area contributed by atoms with Gasteiger partial charge in [0, 0.05) is 49.3 Å². The zero-order valence-corrected chi connectivity index (χ0v) is 20.9. The molecule has 1 fully saturated rings. The molecule has 0 bridgehead atoms. The fourth-order valence-corrected chi connectivity index (χ4v) is 3.69. The molecule has 0 unspecified atom stereocenters. The number of benzene rings is 1. The first-order chi connectivity index (χ1) is 13.1. The van der Waals surface area contributed by atoms with E-state index >= 15 is 0 Å². The van der Waals surface area contributed by atoms with Crippen molar-refractivity contribution in [1.29, 1.82) is 0 Å². The maximum absolute atomic E-state index is 6.23. The topological polar surface area (TPSA) is 42.9 Å². The Morgan fingerprint density at radius 3 is 2.71 bits per heavy atom. The van der Waals surface area contributed by atoms with Gasteiger partial charge in [-0.15, -0.1) is 24.0 Å². The van der Waals surface area contributed by atoms with Gasteiger partial charge in [-0.05, 0) is 64.0 Å². The first-order valence-electron chi connectivity index (χ1n) is 9.95. The van der Waals surface area contributed by atoms with Crippen molar-refractivity contribution in [2.75, 3.05) is 59.4 Å². The van der Waals surface area contributed by atoms with Gasteiger partial charge in [-0.2, -0.15) is 0 Å². The molecule has 1 aromatic carbocycles. The van der Waals surface area contributed by atoms with Gasteiger partial charge in [0.1, 0.15) is 0 Å². The van der Waals surface area contributed by atoms with Crippen molar-refractivity contribution < 1.29 is 0 Å². The predicted molar refractivity (Wildman–Crippen MR) is 133 cm³/mol. The zero-order valence-electron chi connectivity index (χ0n) is 17.0. The third kappa shape index (κ3) is 9.96. The van der Waals surface area contributed by atoms with Gasteiger partial charge in [-0.1, -0.05) is 29.3 Å². The molecule has 1 aliphatic heterocycles. The van der Waals surface area contributed by atoms with Gasteiger partial charge in [-0.25, -0.2) is 0 Å². The molecular weight excluding hydrogens is 508 g/mol. The molecule has 2 rings (SSSR count). The molecule has 0 aromatic heterocycles. The van der Waals surface area contributed by atoms with Crippen molar-refractivity contribution in [3.63, 3.8) is 0 Å². The Bertz CT molecular complexity index is 600. The van der Waals surface area contributed by atoms with Gasteiger partial charge in [0.15, 0.2) is 5.96 Å². The Labute approximate surface area is 197 Å². The van der Waals surface area contributed by atoms with Gasteiger partial charge in [0.05, 0.1) is 0 Å². The summed E-state index contributed by atoms with van der Waals surface area (Å²) in [5.41, 5.74) is 1.13. The van der Waals surface area contributed by atoms with Crippen LogP contribution in [0.2, 0.25) is 10.0 Å². The summed E-state index contributed by atoms with van der Waals surface area (Å²) >= 11 is 12.2. The Morgan fingerprint density at radius 2 is 1.96 bits per heavy atom. The van der Waals surface area contributed by atoms with Crippen LogP contribution in [0.1, 0.15) is 25.3 Å². The highest BCUT2D eigenvalue weighted by molar-refractivity contribution is 14.0. The van der Waals surface area contributed by atoms with Gasteiger partial charge in [0.25, 0.3) is 0 Å². The summed E-state index contributed by atoms with van der Waals surface area (Å²) in [6.45, 7) is 10.4. The maximum atomic E-state index is 6.23. The second-order valence-corrected chi connectivity index (χ2v) is 7.87. The van der Waals surface area contributed by atoms with Crippen LogP contribution >= 0.6 is 47.2 Å². The molecule has 160 valence electrons. The molecule has 0 amide bonds. The minimum atomic E-state index is 0. The summed E-state index contributed by atoms with van der Waals surface area (Å²) in [7, 11) is 2.20. The molecule has 1 heterocycles. The molecule has 0 spiro atoms. The average Bonchev–Trinajstić information content (AvgIpc) is 2.84. The summed E-state index contributed by atoms with van der Waals surface area (Å²) in [5, 5.41) is 8.20. The highest BCUT2D eigenvalue weighted by Gasteiger charge is 2.11. The van der Waals surface area contributed by atoms with Crippen LogP contribution in [0, 0.1) is 0 Å². The zero-order chi connectivity index (χ0) is 19.5. The van der Waals surface area contributed by atoms with Gasteiger partial charge < -0.3 is 20.4 Å². The minimum absolute atomic E-state index is 0. The lowest BCUT2D eigenvalue weighted by Gasteiger charge is -2.21. The highest BCUT2D eigenvalue weighted by atomic mass is 127. The van der Waals surface area contributed by atoms with Crippen LogP contribution in [0.5, 0.6) is 0 Å². The van der Waals surface area contributed by atoms with Crippen LogP contribution in [-0.4, -0.2) is 75.2 Å². The Kier molecular flexibility index (Phi) is 13.5. The number of halogens is 3. The molecule has 0 atom stereocenters. The van der Waals surface area contributed by atoms with Crippen LogP contribution in [0.15, 0.2) is 23.2 Å². The third-order valence-corrected chi connectivity index (χ3v) is 5.35. The quantitative estimate of drug-likeness (QED) is 0.228. The van der Waals surface area contributed by atoms with Gasteiger partial charge in [0.2, 0.25) is 0 Å². The minimum Gasteiger partial charge on any atom is -0.357 e. The lowest BCUT2D eigenvalue weighted by atomic mass is 10.1. The molecule has 28 heavy (non-hydrogen) atoms. The van der Waals surface area contributed by atoms with Crippen molar-refractivity contribution in [1.82, 2.24) is 20.4 Å². The highest BCUT2D eigenvalue weighted by Crippen LogP contribution is 2.21. The van der Waals surface area contributed by atoms with E-state index in [0.717, 1.165) is 68.7 Å². The predicted octanol–water partition coefficient (Wildman–Crippen LogP) is 3.74. The fraction of sp³-hybridized carbons (Fsp3) is 0.650. The monoisotopic (exact) mass is 541 g/mol. The standard InChI is InChI=1S/C20H33Cl2N5.HI/c1-3-23-20(25-10-13-27-12-5-11-26(2)14-15-27)24-9-4-6-17-7-8-18(21)16-19(17)22;/h7-8,16H,3-6,9-15H2,1-2H3,(H2,23,24,25);1H. The van der Waals surface area contributed by atoms with Crippen LogP contribution in [0.3, 0.4) is 0 Å². The smallest absolute Gasteiger partial charge is 0.191 e. The number of nitrogens with zero attached hydrogens (tertiary/aromatic N) is 3. The maximum Gasteiger partial charge on any atom is 0.191 e. The van der Waals surface area contributed by atoms with Crippen molar-refractivity contribution in [3.05, 3.63) is 33.8 Å². The van der Waals surface area contributed by atoms with Gasteiger partial charge in [-0.3, -0.25) is 4.99 Å². The average molecular weight is 542 g/mol. The van der Waals surface area contributed by atoms with Crippen LogP contribution < -0.4 is 10.6 Å².